The first kappa shape index (κ1) is 19.2. The Labute approximate surface area is 150 Å². The lowest BCUT2D eigenvalue weighted by molar-refractivity contribution is -0.387. The summed E-state index contributed by atoms with van der Waals surface area (Å²) in [5, 5.41) is 20.4. The van der Waals surface area contributed by atoms with Crippen molar-refractivity contribution in [1.82, 2.24) is 4.90 Å². The zero-order chi connectivity index (χ0) is 18.6. The van der Waals surface area contributed by atoms with Gasteiger partial charge >= 0.3 is 5.97 Å². The summed E-state index contributed by atoms with van der Waals surface area (Å²) in [4.78, 5) is 36.4. The van der Waals surface area contributed by atoms with Crippen LogP contribution in [0.25, 0.3) is 0 Å². The monoisotopic (exact) mass is 366 g/mol. The van der Waals surface area contributed by atoms with Crippen LogP contribution in [0.5, 0.6) is 0 Å². The third kappa shape index (κ3) is 4.94. The number of thioether (sulfide) groups is 1. The summed E-state index contributed by atoms with van der Waals surface area (Å²) in [7, 11) is 0. The van der Waals surface area contributed by atoms with E-state index in [1.165, 1.54) is 22.7 Å². The highest BCUT2D eigenvalue weighted by Crippen LogP contribution is 2.32. The van der Waals surface area contributed by atoms with E-state index in [0.717, 1.165) is 12.2 Å². The second kappa shape index (κ2) is 8.33. The van der Waals surface area contributed by atoms with Crippen molar-refractivity contribution in [1.29, 1.82) is 0 Å². The highest BCUT2D eigenvalue weighted by Gasteiger charge is 2.32. The Morgan fingerprint density at radius 3 is 2.72 bits per heavy atom. The van der Waals surface area contributed by atoms with Crippen LogP contribution in [0, 0.1) is 22.0 Å². The molecule has 0 aromatic heterocycles. The van der Waals surface area contributed by atoms with Crippen LogP contribution in [-0.4, -0.2) is 45.6 Å². The molecule has 0 radical (unpaired) electrons. The molecule has 1 heterocycles. The number of carbonyl (C=O) groups is 2. The molecule has 2 rings (SSSR count). The lowest BCUT2D eigenvalue weighted by Gasteiger charge is -2.16. The number of nitro benzene ring substituents is 1. The van der Waals surface area contributed by atoms with Gasteiger partial charge in [0.05, 0.1) is 15.7 Å². The first-order valence-electron chi connectivity index (χ1n) is 8.23. The van der Waals surface area contributed by atoms with Gasteiger partial charge in [0.15, 0.2) is 0 Å². The minimum absolute atomic E-state index is 0.0754. The molecule has 1 fully saturated rings. The average Bonchev–Trinajstić information content (AvgIpc) is 3.04. The number of aliphatic carboxylic acids is 1. The number of hydrogen-bond donors (Lipinski definition) is 1. The van der Waals surface area contributed by atoms with Crippen LogP contribution in [0.15, 0.2) is 23.1 Å². The highest BCUT2D eigenvalue weighted by molar-refractivity contribution is 7.99. The lowest BCUT2D eigenvalue weighted by Crippen LogP contribution is -2.30. The Morgan fingerprint density at radius 1 is 1.44 bits per heavy atom. The molecular formula is C17H22N2O5S. The molecule has 1 aromatic rings. The Bertz CT molecular complexity index is 677. The van der Waals surface area contributed by atoms with Crippen molar-refractivity contribution in [3.63, 3.8) is 0 Å². The number of rotatable bonds is 7. The molecule has 1 amide bonds. The van der Waals surface area contributed by atoms with Gasteiger partial charge in [0.25, 0.3) is 11.6 Å². The second-order valence-electron chi connectivity index (χ2n) is 6.55. The van der Waals surface area contributed by atoms with Crippen molar-refractivity contribution in [2.24, 2.45) is 11.8 Å². The van der Waals surface area contributed by atoms with E-state index in [1.54, 1.807) is 12.1 Å². The number of carboxylic acids is 1. The smallest absolute Gasteiger partial charge is 0.308 e. The van der Waals surface area contributed by atoms with Crippen molar-refractivity contribution < 1.29 is 19.6 Å². The molecule has 1 atom stereocenters. The quantitative estimate of drug-likeness (QED) is 0.451. The molecule has 1 N–H and O–H groups in total. The molecule has 1 unspecified atom stereocenters. The third-order valence-electron chi connectivity index (χ3n) is 4.18. The van der Waals surface area contributed by atoms with Crippen LogP contribution in [0.1, 0.15) is 37.0 Å². The van der Waals surface area contributed by atoms with E-state index in [-0.39, 0.29) is 23.7 Å². The minimum atomic E-state index is -0.918. The number of benzene rings is 1. The topological polar surface area (TPSA) is 101 Å². The van der Waals surface area contributed by atoms with Gasteiger partial charge in [-0.05, 0) is 36.6 Å². The van der Waals surface area contributed by atoms with Gasteiger partial charge in [0.2, 0.25) is 0 Å². The van der Waals surface area contributed by atoms with E-state index in [0.29, 0.717) is 23.8 Å². The fourth-order valence-electron chi connectivity index (χ4n) is 2.65. The number of nitrogens with zero attached hydrogens (tertiary/aromatic N) is 2. The number of amides is 1. The maximum absolute atomic E-state index is 12.5. The zero-order valence-electron chi connectivity index (χ0n) is 14.3. The molecule has 1 aliphatic heterocycles. The molecule has 25 heavy (non-hydrogen) atoms. The Hall–Kier alpha value is -2.09. The summed E-state index contributed by atoms with van der Waals surface area (Å²) >= 11 is 1.42. The summed E-state index contributed by atoms with van der Waals surface area (Å²) in [5.41, 5.74) is 0.152. The van der Waals surface area contributed by atoms with Crippen LogP contribution < -0.4 is 0 Å². The molecule has 7 nitrogen and oxygen atoms in total. The summed E-state index contributed by atoms with van der Waals surface area (Å²) in [6.07, 6.45) is 1.36. The van der Waals surface area contributed by atoms with Crippen LogP contribution in [0.3, 0.4) is 0 Å². The number of hydrogen-bond acceptors (Lipinski definition) is 5. The molecular weight excluding hydrogens is 344 g/mol. The Morgan fingerprint density at radius 2 is 2.16 bits per heavy atom. The van der Waals surface area contributed by atoms with E-state index >= 15 is 0 Å². The molecule has 136 valence electrons. The van der Waals surface area contributed by atoms with Crippen LogP contribution in [0.4, 0.5) is 5.69 Å². The Balaban J connectivity index is 2.14. The summed E-state index contributed by atoms with van der Waals surface area (Å²) in [6, 6.07) is 4.50. The van der Waals surface area contributed by atoms with Gasteiger partial charge in [0, 0.05) is 24.7 Å². The summed E-state index contributed by atoms with van der Waals surface area (Å²) in [5.74, 6) is -0.545. The number of nitro groups is 1. The van der Waals surface area contributed by atoms with Crippen molar-refractivity contribution in [2.45, 2.75) is 31.6 Å². The van der Waals surface area contributed by atoms with E-state index < -0.39 is 16.8 Å². The van der Waals surface area contributed by atoms with Gasteiger partial charge in [-0.1, -0.05) is 13.8 Å². The maximum atomic E-state index is 12.5. The standard InChI is InChI=1S/C17H22N2O5S/c1-11(2)6-8-25-15-4-3-12(9-14(15)19(23)24)16(20)18-7-5-13(10-18)17(21)22/h3-4,9,11,13H,5-8,10H2,1-2H3,(H,21,22). The van der Waals surface area contributed by atoms with Crippen molar-refractivity contribution in [3.05, 3.63) is 33.9 Å². The van der Waals surface area contributed by atoms with E-state index in [1.807, 2.05) is 0 Å². The van der Waals surface area contributed by atoms with Crippen molar-refractivity contribution >= 4 is 29.3 Å². The number of carbonyl (C=O) groups excluding carboxylic acids is 1. The molecule has 0 aliphatic carbocycles. The van der Waals surface area contributed by atoms with Gasteiger partial charge in [0.1, 0.15) is 0 Å². The van der Waals surface area contributed by atoms with E-state index in [4.69, 9.17) is 5.11 Å². The van der Waals surface area contributed by atoms with Crippen molar-refractivity contribution in [2.75, 3.05) is 18.8 Å². The molecule has 8 heteroatoms. The fourth-order valence-corrected chi connectivity index (χ4v) is 3.90. The van der Waals surface area contributed by atoms with Gasteiger partial charge in [-0.3, -0.25) is 19.7 Å². The van der Waals surface area contributed by atoms with E-state index in [9.17, 15) is 19.7 Å². The van der Waals surface area contributed by atoms with Gasteiger partial charge in [-0.15, -0.1) is 11.8 Å². The lowest BCUT2D eigenvalue weighted by atomic mass is 10.1. The van der Waals surface area contributed by atoms with Gasteiger partial charge in [-0.2, -0.15) is 0 Å². The second-order valence-corrected chi connectivity index (χ2v) is 7.68. The van der Waals surface area contributed by atoms with Crippen LogP contribution >= 0.6 is 11.8 Å². The minimum Gasteiger partial charge on any atom is -0.481 e. The Kier molecular flexibility index (Phi) is 6.41. The largest absolute Gasteiger partial charge is 0.481 e. The first-order chi connectivity index (χ1) is 11.8. The predicted molar refractivity (Wildman–Crippen MR) is 94.9 cm³/mol. The first-order valence-corrected chi connectivity index (χ1v) is 9.21. The fraction of sp³-hybridized carbons (Fsp3) is 0.529. The molecule has 1 aliphatic rings. The maximum Gasteiger partial charge on any atom is 0.308 e. The molecule has 0 saturated carbocycles. The number of likely N-dealkylation sites (tertiary alicyclic amines) is 1. The van der Waals surface area contributed by atoms with Crippen LogP contribution in [0.2, 0.25) is 0 Å². The molecule has 0 spiro atoms. The highest BCUT2D eigenvalue weighted by atomic mass is 32.2. The number of carboxylic acid groups (broad SMARTS) is 1. The van der Waals surface area contributed by atoms with Crippen LogP contribution in [-0.2, 0) is 4.79 Å². The summed E-state index contributed by atoms with van der Waals surface area (Å²) in [6.45, 7) is 4.69. The molecule has 1 saturated heterocycles. The van der Waals surface area contributed by atoms with Gasteiger partial charge < -0.3 is 10.0 Å². The average molecular weight is 366 g/mol. The third-order valence-corrected chi connectivity index (χ3v) is 5.28. The normalized spacial score (nSPS) is 17.1. The predicted octanol–water partition coefficient (Wildman–Crippen LogP) is 3.28. The van der Waals surface area contributed by atoms with Crippen molar-refractivity contribution in [3.8, 4) is 0 Å². The van der Waals surface area contributed by atoms with E-state index in [2.05, 4.69) is 13.8 Å². The summed E-state index contributed by atoms with van der Waals surface area (Å²) < 4.78 is 0. The molecule has 1 aromatic carbocycles. The SMILES string of the molecule is CC(C)CCSc1ccc(C(=O)N2CCC(C(=O)O)C2)cc1[N+](=O)[O-]. The zero-order valence-corrected chi connectivity index (χ0v) is 15.1. The van der Waals surface area contributed by atoms with Gasteiger partial charge in [-0.25, -0.2) is 0 Å². The molecule has 0 bridgehead atoms.